The number of halogens is 2. The van der Waals surface area contributed by atoms with E-state index in [0.717, 1.165) is 11.4 Å². The summed E-state index contributed by atoms with van der Waals surface area (Å²) in [6, 6.07) is 24.3. The van der Waals surface area contributed by atoms with Gasteiger partial charge < -0.3 is 4.57 Å². The first-order chi connectivity index (χ1) is 17.8. The normalized spacial score (nSPS) is 13.9. The fraction of sp³-hybridized carbons (Fsp3) is 0.0690. The van der Waals surface area contributed by atoms with Crippen LogP contribution in [0.2, 0.25) is 5.02 Å². The Balaban J connectivity index is 1.65. The molecule has 2 heterocycles. The van der Waals surface area contributed by atoms with Crippen LogP contribution in [0.1, 0.15) is 17.0 Å². The standard InChI is InChI=1S/C29H21ClFN3O2S/c1-18-15-20(19(2)32(18)23-13-14-26(31)25(30)17-23)16-24-27(35)33(21-9-5-3-6-10-21)29(37)34(28(24)36)22-11-7-4-8-12-22/h3-17H,1-2H3. The lowest BCUT2D eigenvalue weighted by atomic mass is 10.1. The molecule has 4 aromatic rings. The minimum Gasteiger partial charge on any atom is -0.318 e. The minimum atomic E-state index is -0.511. The van der Waals surface area contributed by atoms with Gasteiger partial charge in [0.25, 0.3) is 11.8 Å². The Morgan fingerprint density at radius 1 is 0.784 bits per heavy atom. The molecule has 0 unspecified atom stereocenters. The Bertz CT molecular complexity index is 1520. The van der Waals surface area contributed by atoms with Gasteiger partial charge in [-0.15, -0.1) is 0 Å². The summed E-state index contributed by atoms with van der Waals surface area (Å²) >= 11 is 11.7. The average Bonchev–Trinajstić information content (AvgIpc) is 3.17. The Hall–Kier alpha value is -4.07. The molecule has 0 saturated carbocycles. The van der Waals surface area contributed by atoms with E-state index in [1.807, 2.05) is 36.6 Å². The molecule has 1 aliphatic heterocycles. The lowest BCUT2D eigenvalue weighted by molar-refractivity contribution is -0.120. The molecule has 2 amide bonds. The maximum absolute atomic E-state index is 13.8. The van der Waals surface area contributed by atoms with E-state index in [-0.39, 0.29) is 15.7 Å². The molecule has 1 fully saturated rings. The van der Waals surface area contributed by atoms with Crippen LogP contribution in [0.5, 0.6) is 0 Å². The molecule has 0 N–H and O–H groups in total. The van der Waals surface area contributed by atoms with Gasteiger partial charge in [0.05, 0.1) is 16.4 Å². The number of aromatic nitrogens is 1. The molecular formula is C29H21ClFN3O2S. The molecule has 37 heavy (non-hydrogen) atoms. The molecule has 0 atom stereocenters. The van der Waals surface area contributed by atoms with E-state index in [0.29, 0.717) is 22.6 Å². The number of nitrogens with zero attached hydrogens (tertiary/aromatic N) is 3. The van der Waals surface area contributed by atoms with Gasteiger partial charge in [-0.2, -0.15) is 0 Å². The van der Waals surface area contributed by atoms with Crippen molar-refractivity contribution in [3.63, 3.8) is 0 Å². The largest absolute Gasteiger partial charge is 0.318 e. The zero-order chi connectivity index (χ0) is 26.3. The van der Waals surface area contributed by atoms with Gasteiger partial charge in [0.1, 0.15) is 11.4 Å². The van der Waals surface area contributed by atoms with Crippen molar-refractivity contribution in [2.45, 2.75) is 13.8 Å². The summed E-state index contributed by atoms with van der Waals surface area (Å²) in [5.74, 6) is -1.53. The van der Waals surface area contributed by atoms with Gasteiger partial charge in [-0.1, -0.05) is 48.0 Å². The number of amides is 2. The third kappa shape index (κ3) is 4.37. The van der Waals surface area contributed by atoms with Gasteiger partial charge in [-0.25, -0.2) is 4.39 Å². The highest BCUT2D eigenvalue weighted by molar-refractivity contribution is 7.81. The molecule has 0 bridgehead atoms. The number of aryl methyl sites for hydroxylation is 1. The number of para-hydroxylation sites is 2. The van der Waals surface area contributed by atoms with Crippen molar-refractivity contribution in [2.24, 2.45) is 0 Å². The second-order valence-electron chi connectivity index (χ2n) is 8.55. The van der Waals surface area contributed by atoms with Crippen LogP contribution >= 0.6 is 23.8 Å². The van der Waals surface area contributed by atoms with Crippen LogP contribution < -0.4 is 9.80 Å². The van der Waals surface area contributed by atoms with Crippen LogP contribution in [0.4, 0.5) is 15.8 Å². The molecular weight excluding hydrogens is 509 g/mol. The van der Waals surface area contributed by atoms with Crippen LogP contribution in [0, 0.1) is 19.7 Å². The first-order valence-corrected chi connectivity index (χ1v) is 12.3. The van der Waals surface area contributed by atoms with E-state index in [9.17, 15) is 14.0 Å². The highest BCUT2D eigenvalue weighted by Crippen LogP contribution is 2.31. The fourth-order valence-electron chi connectivity index (χ4n) is 4.45. The highest BCUT2D eigenvalue weighted by atomic mass is 35.5. The Kier molecular flexibility index (Phi) is 6.50. The fourth-order valence-corrected chi connectivity index (χ4v) is 5.00. The van der Waals surface area contributed by atoms with Gasteiger partial charge >= 0.3 is 0 Å². The molecule has 1 aromatic heterocycles. The van der Waals surface area contributed by atoms with Crippen LogP contribution in [-0.4, -0.2) is 21.5 Å². The summed E-state index contributed by atoms with van der Waals surface area (Å²) in [6.07, 6.45) is 1.59. The van der Waals surface area contributed by atoms with E-state index >= 15 is 0 Å². The molecule has 5 rings (SSSR count). The molecule has 184 valence electrons. The molecule has 1 saturated heterocycles. The van der Waals surface area contributed by atoms with Crippen LogP contribution in [-0.2, 0) is 9.59 Å². The summed E-state index contributed by atoms with van der Waals surface area (Å²) in [5.41, 5.74) is 4.02. The van der Waals surface area contributed by atoms with Crippen molar-refractivity contribution in [3.05, 3.63) is 118 Å². The number of anilines is 2. The summed E-state index contributed by atoms with van der Waals surface area (Å²) in [7, 11) is 0. The molecule has 8 heteroatoms. The Morgan fingerprint density at radius 2 is 1.32 bits per heavy atom. The number of benzene rings is 3. The predicted octanol–water partition coefficient (Wildman–Crippen LogP) is 6.63. The average molecular weight is 530 g/mol. The maximum Gasteiger partial charge on any atom is 0.270 e. The third-order valence-electron chi connectivity index (χ3n) is 6.21. The van der Waals surface area contributed by atoms with E-state index in [4.69, 9.17) is 23.8 Å². The first-order valence-electron chi connectivity index (χ1n) is 11.5. The van der Waals surface area contributed by atoms with E-state index in [1.165, 1.54) is 21.9 Å². The SMILES string of the molecule is Cc1cc(C=C2C(=O)N(c3ccccc3)C(=S)N(c3ccccc3)C2=O)c(C)n1-c1ccc(F)c(Cl)c1. The van der Waals surface area contributed by atoms with Gasteiger partial charge in [0.2, 0.25) is 0 Å². The monoisotopic (exact) mass is 529 g/mol. The van der Waals surface area contributed by atoms with Gasteiger partial charge in [0, 0.05) is 17.1 Å². The second-order valence-corrected chi connectivity index (χ2v) is 9.33. The summed E-state index contributed by atoms with van der Waals surface area (Å²) in [6.45, 7) is 3.75. The van der Waals surface area contributed by atoms with Crippen molar-refractivity contribution >= 4 is 58.2 Å². The smallest absolute Gasteiger partial charge is 0.270 e. The van der Waals surface area contributed by atoms with Gasteiger partial charge in [0.15, 0.2) is 5.11 Å². The maximum atomic E-state index is 13.8. The molecule has 5 nitrogen and oxygen atoms in total. The second kappa shape index (κ2) is 9.76. The highest BCUT2D eigenvalue weighted by Gasteiger charge is 2.41. The lowest BCUT2D eigenvalue weighted by Crippen LogP contribution is -2.56. The van der Waals surface area contributed by atoms with Gasteiger partial charge in [-0.05, 0) is 86.2 Å². The molecule has 1 aliphatic rings. The summed E-state index contributed by atoms with van der Waals surface area (Å²) in [5, 5.41) is 0.0871. The number of hydrogen-bond donors (Lipinski definition) is 0. The van der Waals surface area contributed by atoms with Crippen molar-refractivity contribution in [3.8, 4) is 5.69 Å². The summed E-state index contributed by atoms with van der Waals surface area (Å²) < 4.78 is 15.6. The Labute approximate surface area is 224 Å². The van der Waals surface area contributed by atoms with E-state index in [2.05, 4.69) is 0 Å². The van der Waals surface area contributed by atoms with Gasteiger partial charge in [-0.3, -0.25) is 19.4 Å². The third-order valence-corrected chi connectivity index (χ3v) is 6.86. The molecule has 0 spiro atoms. The molecule has 0 aliphatic carbocycles. The first kappa shape index (κ1) is 24.6. The Morgan fingerprint density at radius 3 is 1.84 bits per heavy atom. The van der Waals surface area contributed by atoms with E-state index in [1.54, 1.807) is 60.7 Å². The zero-order valence-corrected chi connectivity index (χ0v) is 21.6. The molecule has 3 aromatic carbocycles. The van der Waals surface area contributed by atoms with Crippen molar-refractivity contribution in [2.75, 3.05) is 9.80 Å². The number of thiocarbonyl (C=S) groups is 1. The van der Waals surface area contributed by atoms with Crippen LogP contribution in [0.25, 0.3) is 11.8 Å². The quantitative estimate of drug-likeness (QED) is 0.169. The predicted molar refractivity (Wildman–Crippen MR) is 149 cm³/mol. The molecule has 0 radical (unpaired) electrons. The van der Waals surface area contributed by atoms with E-state index < -0.39 is 17.6 Å². The number of rotatable bonds is 4. The lowest BCUT2D eigenvalue weighted by Gasteiger charge is -2.36. The minimum absolute atomic E-state index is 0.00746. The number of carbonyl (C=O) groups excluding carboxylic acids is 2. The van der Waals surface area contributed by atoms with Crippen LogP contribution in [0.3, 0.4) is 0 Å². The number of hydrogen-bond acceptors (Lipinski definition) is 3. The summed E-state index contributed by atoms with van der Waals surface area (Å²) in [4.78, 5) is 30.2. The van der Waals surface area contributed by atoms with Crippen molar-refractivity contribution in [1.82, 2.24) is 4.57 Å². The zero-order valence-electron chi connectivity index (χ0n) is 20.0. The topological polar surface area (TPSA) is 45.6 Å². The van der Waals surface area contributed by atoms with Crippen molar-refractivity contribution < 1.29 is 14.0 Å². The van der Waals surface area contributed by atoms with Crippen molar-refractivity contribution in [1.29, 1.82) is 0 Å². The number of carbonyl (C=O) groups is 2. The van der Waals surface area contributed by atoms with Crippen LogP contribution in [0.15, 0.2) is 90.5 Å².